The summed E-state index contributed by atoms with van der Waals surface area (Å²) >= 11 is 6.23. The summed E-state index contributed by atoms with van der Waals surface area (Å²) in [6.45, 7) is 11.0. The van der Waals surface area contributed by atoms with Crippen molar-refractivity contribution < 1.29 is 0 Å². The van der Waals surface area contributed by atoms with E-state index in [0.29, 0.717) is 6.04 Å². The number of nitrogens with one attached hydrogen (secondary N) is 1. The van der Waals surface area contributed by atoms with E-state index in [1.807, 2.05) is 12.1 Å². The molecule has 1 heterocycles. The molecular formula is C15H23ClN2. The molecule has 1 saturated heterocycles. The molecule has 1 fully saturated rings. The fourth-order valence-electron chi connectivity index (χ4n) is 2.83. The van der Waals surface area contributed by atoms with Gasteiger partial charge in [0.1, 0.15) is 0 Å². The molecule has 0 bridgehead atoms. The van der Waals surface area contributed by atoms with Gasteiger partial charge in [-0.1, -0.05) is 17.7 Å². The third-order valence-electron chi connectivity index (χ3n) is 3.64. The Morgan fingerprint density at radius 3 is 2.83 bits per heavy atom. The lowest BCUT2D eigenvalue weighted by molar-refractivity contribution is 0.368. The molecule has 1 aromatic carbocycles. The standard InChI is InChI=1S/C15H23ClN2/c1-11-8-9-18(10-15(3,4)17-11)14-7-5-6-13(16)12(14)2/h5-7,11,17H,8-10H2,1-4H3. The molecule has 18 heavy (non-hydrogen) atoms. The van der Waals surface area contributed by atoms with Gasteiger partial charge in [0.05, 0.1) is 0 Å². The zero-order chi connectivity index (χ0) is 13.3. The van der Waals surface area contributed by atoms with Crippen LogP contribution in [-0.2, 0) is 0 Å². The van der Waals surface area contributed by atoms with Crippen LogP contribution >= 0.6 is 11.6 Å². The van der Waals surface area contributed by atoms with Crippen LogP contribution in [0.5, 0.6) is 0 Å². The van der Waals surface area contributed by atoms with E-state index in [0.717, 1.165) is 24.5 Å². The topological polar surface area (TPSA) is 15.3 Å². The molecule has 1 aromatic rings. The third kappa shape index (κ3) is 2.99. The van der Waals surface area contributed by atoms with Gasteiger partial charge in [-0.25, -0.2) is 0 Å². The Morgan fingerprint density at radius 2 is 2.11 bits per heavy atom. The van der Waals surface area contributed by atoms with Crippen molar-refractivity contribution in [3.63, 3.8) is 0 Å². The second-order valence-corrected chi connectivity index (χ2v) is 6.43. The molecule has 2 nitrogen and oxygen atoms in total. The van der Waals surface area contributed by atoms with Crippen molar-refractivity contribution in [3.05, 3.63) is 28.8 Å². The minimum atomic E-state index is 0.130. The molecule has 1 unspecified atom stereocenters. The zero-order valence-corrected chi connectivity index (χ0v) is 12.5. The minimum Gasteiger partial charge on any atom is -0.369 e. The summed E-state index contributed by atoms with van der Waals surface area (Å²) in [4.78, 5) is 2.46. The third-order valence-corrected chi connectivity index (χ3v) is 4.04. The number of halogens is 1. The maximum absolute atomic E-state index is 6.23. The van der Waals surface area contributed by atoms with Crippen LogP contribution in [0.2, 0.25) is 5.02 Å². The molecule has 0 spiro atoms. The summed E-state index contributed by atoms with van der Waals surface area (Å²) in [5, 5.41) is 4.53. The van der Waals surface area contributed by atoms with Gasteiger partial charge in [0.2, 0.25) is 0 Å². The average Bonchev–Trinajstić information content (AvgIpc) is 2.40. The first-order chi connectivity index (χ1) is 8.39. The van der Waals surface area contributed by atoms with E-state index >= 15 is 0 Å². The summed E-state index contributed by atoms with van der Waals surface area (Å²) in [6, 6.07) is 6.74. The molecule has 3 heteroatoms. The van der Waals surface area contributed by atoms with Crippen LogP contribution in [0.1, 0.15) is 32.8 Å². The summed E-state index contributed by atoms with van der Waals surface area (Å²) in [5.74, 6) is 0. The number of rotatable bonds is 1. The van der Waals surface area contributed by atoms with E-state index in [2.05, 4.69) is 44.0 Å². The van der Waals surface area contributed by atoms with Gasteiger partial charge in [0, 0.05) is 35.4 Å². The van der Waals surface area contributed by atoms with Crippen LogP contribution < -0.4 is 10.2 Å². The van der Waals surface area contributed by atoms with E-state index in [4.69, 9.17) is 11.6 Å². The van der Waals surface area contributed by atoms with Crippen molar-refractivity contribution in [2.24, 2.45) is 0 Å². The normalized spacial score (nSPS) is 23.8. The second-order valence-electron chi connectivity index (χ2n) is 6.02. The van der Waals surface area contributed by atoms with Gasteiger partial charge in [0.25, 0.3) is 0 Å². The summed E-state index contributed by atoms with van der Waals surface area (Å²) in [6.07, 6.45) is 1.16. The maximum Gasteiger partial charge on any atom is 0.0455 e. The monoisotopic (exact) mass is 266 g/mol. The second kappa shape index (κ2) is 5.10. The van der Waals surface area contributed by atoms with Gasteiger partial charge >= 0.3 is 0 Å². The van der Waals surface area contributed by atoms with Crippen molar-refractivity contribution in [2.75, 3.05) is 18.0 Å². The minimum absolute atomic E-state index is 0.130. The van der Waals surface area contributed by atoms with Gasteiger partial charge in [0.15, 0.2) is 0 Å². The van der Waals surface area contributed by atoms with E-state index in [9.17, 15) is 0 Å². The Bertz CT molecular complexity index is 429. The van der Waals surface area contributed by atoms with Crippen molar-refractivity contribution in [1.82, 2.24) is 5.32 Å². The molecule has 2 rings (SSSR count). The first-order valence-electron chi connectivity index (χ1n) is 6.67. The Morgan fingerprint density at radius 1 is 1.39 bits per heavy atom. The Hall–Kier alpha value is -0.730. The number of nitrogens with zero attached hydrogens (tertiary/aromatic N) is 1. The Labute approximate surface area is 115 Å². The predicted octanol–water partition coefficient (Wildman–Crippen LogP) is 3.62. The lowest BCUT2D eigenvalue weighted by Crippen LogP contribution is -2.48. The quantitative estimate of drug-likeness (QED) is 0.835. The molecule has 1 N–H and O–H groups in total. The van der Waals surface area contributed by atoms with Crippen LogP contribution in [0.3, 0.4) is 0 Å². The van der Waals surface area contributed by atoms with Crippen LogP contribution in [-0.4, -0.2) is 24.7 Å². The largest absolute Gasteiger partial charge is 0.369 e. The molecule has 1 aliphatic rings. The van der Waals surface area contributed by atoms with Gasteiger partial charge in [-0.3, -0.25) is 0 Å². The molecule has 0 amide bonds. The molecular weight excluding hydrogens is 244 g/mol. The Kier molecular flexibility index (Phi) is 3.88. The highest BCUT2D eigenvalue weighted by atomic mass is 35.5. The Balaban J connectivity index is 2.29. The summed E-state index contributed by atoms with van der Waals surface area (Å²) in [5.41, 5.74) is 2.58. The highest BCUT2D eigenvalue weighted by molar-refractivity contribution is 6.31. The van der Waals surface area contributed by atoms with Crippen molar-refractivity contribution >= 4 is 17.3 Å². The first-order valence-corrected chi connectivity index (χ1v) is 7.04. The van der Waals surface area contributed by atoms with E-state index in [1.54, 1.807) is 0 Å². The molecule has 0 aromatic heterocycles. The number of benzene rings is 1. The number of anilines is 1. The van der Waals surface area contributed by atoms with Crippen LogP contribution in [0, 0.1) is 6.92 Å². The number of hydrogen-bond donors (Lipinski definition) is 1. The summed E-state index contributed by atoms with van der Waals surface area (Å²) in [7, 11) is 0. The van der Waals surface area contributed by atoms with Crippen LogP contribution in [0.25, 0.3) is 0 Å². The van der Waals surface area contributed by atoms with E-state index in [1.165, 1.54) is 11.3 Å². The van der Waals surface area contributed by atoms with Gasteiger partial charge in [-0.05, 0) is 51.8 Å². The van der Waals surface area contributed by atoms with E-state index < -0.39 is 0 Å². The van der Waals surface area contributed by atoms with Gasteiger partial charge in [-0.15, -0.1) is 0 Å². The SMILES string of the molecule is Cc1c(Cl)cccc1N1CCC(C)NC(C)(C)C1. The molecule has 100 valence electrons. The molecule has 0 aliphatic carbocycles. The lowest BCUT2D eigenvalue weighted by atomic mass is 10.0. The van der Waals surface area contributed by atoms with Gasteiger partial charge < -0.3 is 10.2 Å². The van der Waals surface area contributed by atoms with Crippen molar-refractivity contribution in [3.8, 4) is 0 Å². The number of hydrogen-bond acceptors (Lipinski definition) is 2. The lowest BCUT2D eigenvalue weighted by Gasteiger charge is -2.33. The van der Waals surface area contributed by atoms with Crippen LogP contribution in [0.15, 0.2) is 18.2 Å². The highest BCUT2D eigenvalue weighted by Gasteiger charge is 2.28. The summed E-state index contributed by atoms with van der Waals surface area (Å²) < 4.78 is 0. The maximum atomic E-state index is 6.23. The highest BCUT2D eigenvalue weighted by Crippen LogP contribution is 2.29. The zero-order valence-electron chi connectivity index (χ0n) is 11.8. The fraction of sp³-hybridized carbons (Fsp3) is 0.600. The smallest absolute Gasteiger partial charge is 0.0455 e. The first kappa shape index (κ1) is 13.7. The average molecular weight is 267 g/mol. The predicted molar refractivity (Wildman–Crippen MR) is 79.7 cm³/mol. The molecule has 0 radical (unpaired) electrons. The molecule has 1 aliphatic heterocycles. The fourth-order valence-corrected chi connectivity index (χ4v) is 3.00. The van der Waals surface area contributed by atoms with Crippen molar-refractivity contribution in [2.45, 2.75) is 45.7 Å². The van der Waals surface area contributed by atoms with E-state index in [-0.39, 0.29) is 5.54 Å². The van der Waals surface area contributed by atoms with Crippen molar-refractivity contribution in [1.29, 1.82) is 0 Å². The molecule has 0 saturated carbocycles. The van der Waals surface area contributed by atoms with Gasteiger partial charge in [-0.2, -0.15) is 0 Å². The van der Waals surface area contributed by atoms with Crippen LogP contribution in [0.4, 0.5) is 5.69 Å². The molecule has 1 atom stereocenters.